The Morgan fingerprint density at radius 3 is 2.78 bits per heavy atom. The van der Waals surface area contributed by atoms with Gasteiger partial charge in [0.25, 0.3) is 0 Å². The number of nitrogens with zero attached hydrogens (tertiary/aromatic N) is 2. The summed E-state index contributed by atoms with van der Waals surface area (Å²) in [6.45, 7) is 0.302. The first-order valence-electron chi connectivity index (χ1n) is 5.29. The van der Waals surface area contributed by atoms with Crippen LogP contribution in [0.25, 0.3) is 0 Å². The molecular formula is C11H13FN2O4. The van der Waals surface area contributed by atoms with Crippen LogP contribution in [0.15, 0.2) is 18.2 Å². The Morgan fingerprint density at radius 1 is 1.56 bits per heavy atom. The molecule has 0 saturated carbocycles. The average Bonchev–Trinajstić information content (AvgIpc) is 2.27. The van der Waals surface area contributed by atoms with Gasteiger partial charge in [-0.15, -0.1) is 0 Å². The van der Waals surface area contributed by atoms with E-state index in [4.69, 9.17) is 5.11 Å². The maximum atomic E-state index is 13.3. The zero-order chi connectivity index (χ0) is 13.7. The van der Waals surface area contributed by atoms with Gasteiger partial charge in [-0.05, 0) is 18.6 Å². The lowest BCUT2D eigenvalue weighted by Gasteiger charge is -2.18. The van der Waals surface area contributed by atoms with E-state index in [1.54, 1.807) is 7.05 Å². The van der Waals surface area contributed by atoms with Gasteiger partial charge >= 0.3 is 11.7 Å². The van der Waals surface area contributed by atoms with Crippen molar-refractivity contribution in [1.82, 2.24) is 0 Å². The molecule has 1 rings (SSSR count). The average molecular weight is 256 g/mol. The molecule has 0 aromatic heterocycles. The maximum absolute atomic E-state index is 13.3. The van der Waals surface area contributed by atoms with E-state index in [1.807, 2.05) is 0 Å². The van der Waals surface area contributed by atoms with Gasteiger partial charge in [0.15, 0.2) is 0 Å². The molecule has 1 aromatic rings. The molecule has 1 N–H and O–H groups in total. The van der Waals surface area contributed by atoms with Crippen molar-refractivity contribution in [3.05, 3.63) is 34.1 Å². The van der Waals surface area contributed by atoms with Crippen LogP contribution in [0.3, 0.4) is 0 Å². The van der Waals surface area contributed by atoms with Gasteiger partial charge < -0.3 is 10.0 Å². The van der Waals surface area contributed by atoms with Crippen LogP contribution in [0.5, 0.6) is 0 Å². The zero-order valence-electron chi connectivity index (χ0n) is 9.80. The van der Waals surface area contributed by atoms with Crippen LogP contribution in [0, 0.1) is 15.9 Å². The van der Waals surface area contributed by atoms with Crippen molar-refractivity contribution in [2.75, 3.05) is 18.5 Å². The number of hydrogen-bond acceptors (Lipinski definition) is 4. The van der Waals surface area contributed by atoms with E-state index in [0.29, 0.717) is 13.0 Å². The summed E-state index contributed by atoms with van der Waals surface area (Å²) >= 11 is 0. The Kier molecular flexibility index (Phi) is 4.59. The molecule has 0 amide bonds. The summed E-state index contributed by atoms with van der Waals surface area (Å²) in [5.41, 5.74) is -0.444. The van der Waals surface area contributed by atoms with Crippen LogP contribution >= 0.6 is 0 Å². The highest BCUT2D eigenvalue weighted by Gasteiger charge is 2.22. The molecule has 6 nitrogen and oxygen atoms in total. The van der Waals surface area contributed by atoms with E-state index in [2.05, 4.69) is 0 Å². The van der Waals surface area contributed by atoms with Crippen LogP contribution in [0.4, 0.5) is 15.8 Å². The fraction of sp³-hybridized carbons (Fsp3) is 0.364. The number of nitro groups is 1. The molecule has 0 aliphatic heterocycles. The molecular weight excluding hydrogens is 243 g/mol. The quantitative estimate of drug-likeness (QED) is 0.622. The molecule has 0 unspecified atom stereocenters. The third-order valence-electron chi connectivity index (χ3n) is 2.44. The minimum Gasteiger partial charge on any atom is -0.481 e. The van der Waals surface area contributed by atoms with E-state index in [1.165, 1.54) is 17.0 Å². The van der Waals surface area contributed by atoms with Crippen molar-refractivity contribution in [2.24, 2.45) is 0 Å². The lowest BCUT2D eigenvalue weighted by Crippen LogP contribution is -2.20. The second-order valence-corrected chi connectivity index (χ2v) is 3.78. The monoisotopic (exact) mass is 256 g/mol. The highest BCUT2D eigenvalue weighted by Crippen LogP contribution is 2.29. The third kappa shape index (κ3) is 3.41. The summed E-state index contributed by atoms with van der Waals surface area (Å²) in [7, 11) is 1.56. The molecule has 98 valence electrons. The van der Waals surface area contributed by atoms with E-state index in [9.17, 15) is 19.3 Å². The number of hydrogen-bond donors (Lipinski definition) is 1. The lowest BCUT2D eigenvalue weighted by atomic mass is 10.2. The molecule has 0 radical (unpaired) electrons. The van der Waals surface area contributed by atoms with Crippen molar-refractivity contribution < 1.29 is 19.2 Å². The summed E-state index contributed by atoms with van der Waals surface area (Å²) in [5, 5.41) is 19.3. The van der Waals surface area contributed by atoms with Gasteiger partial charge in [-0.3, -0.25) is 14.9 Å². The Hall–Kier alpha value is -2.18. The van der Waals surface area contributed by atoms with Crippen molar-refractivity contribution in [1.29, 1.82) is 0 Å². The number of halogens is 1. The largest absolute Gasteiger partial charge is 0.481 e. The molecule has 0 saturated heterocycles. The molecule has 0 spiro atoms. The van der Waals surface area contributed by atoms with E-state index < -0.39 is 22.4 Å². The number of rotatable bonds is 6. The number of carboxylic acid groups (broad SMARTS) is 1. The predicted molar refractivity (Wildman–Crippen MR) is 63.2 cm³/mol. The van der Waals surface area contributed by atoms with Crippen LogP contribution in [-0.4, -0.2) is 29.6 Å². The van der Waals surface area contributed by atoms with Crippen molar-refractivity contribution in [2.45, 2.75) is 12.8 Å². The van der Waals surface area contributed by atoms with Crippen LogP contribution < -0.4 is 4.90 Å². The second kappa shape index (κ2) is 5.95. The maximum Gasteiger partial charge on any atom is 0.327 e. The molecule has 0 bridgehead atoms. The van der Waals surface area contributed by atoms with Crippen LogP contribution in [-0.2, 0) is 4.79 Å². The second-order valence-electron chi connectivity index (χ2n) is 3.78. The van der Waals surface area contributed by atoms with Crippen molar-refractivity contribution in [3.63, 3.8) is 0 Å². The SMILES string of the molecule is CN(CCCC(=O)O)c1cccc(F)c1[N+](=O)[O-]. The van der Waals surface area contributed by atoms with Crippen LogP contribution in [0.2, 0.25) is 0 Å². The zero-order valence-corrected chi connectivity index (χ0v) is 9.80. The Balaban J connectivity index is 2.85. The predicted octanol–water partition coefficient (Wildman–Crippen LogP) is 2.03. The normalized spacial score (nSPS) is 10.1. The molecule has 0 atom stereocenters. The number of carbonyl (C=O) groups is 1. The number of para-hydroxylation sites is 1. The first-order valence-corrected chi connectivity index (χ1v) is 5.29. The molecule has 0 aliphatic rings. The Bertz CT molecular complexity index is 464. The number of nitro benzene ring substituents is 1. The van der Waals surface area contributed by atoms with E-state index in [-0.39, 0.29) is 12.1 Å². The van der Waals surface area contributed by atoms with Gasteiger partial charge in [0.05, 0.1) is 4.92 Å². The van der Waals surface area contributed by atoms with Crippen molar-refractivity contribution in [3.8, 4) is 0 Å². The number of benzene rings is 1. The minimum atomic E-state index is -0.933. The molecule has 18 heavy (non-hydrogen) atoms. The summed E-state index contributed by atoms with van der Waals surface area (Å²) in [4.78, 5) is 21.8. The van der Waals surface area contributed by atoms with Crippen LogP contribution in [0.1, 0.15) is 12.8 Å². The van der Waals surface area contributed by atoms with Gasteiger partial charge in [-0.2, -0.15) is 4.39 Å². The molecule has 0 aliphatic carbocycles. The summed E-state index contributed by atoms with van der Waals surface area (Å²) in [6.07, 6.45) is 0.299. The fourth-order valence-electron chi connectivity index (χ4n) is 1.58. The topological polar surface area (TPSA) is 83.7 Å². The smallest absolute Gasteiger partial charge is 0.327 e. The van der Waals surface area contributed by atoms with Gasteiger partial charge in [-0.1, -0.05) is 6.07 Å². The third-order valence-corrected chi connectivity index (χ3v) is 2.44. The molecule has 0 heterocycles. The molecule has 1 aromatic carbocycles. The summed E-state index contributed by atoms with van der Waals surface area (Å²) in [5.74, 6) is -1.83. The first-order chi connectivity index (χ1) is 8.43. The molecule has 0 fully saturated rings. The summed E-state index contributed by atoms with van der Waals surface area (Å²) < 4.78 is 13.3. The minimum absolute atomic E-state index is 0.0343. The van der Waals surface area contributed by atoms with Gasteiger partial charge in [-0.25, -0.2) is 0 Å². The van der Waals surface area contributed by atoms with Crippen molar-refractivity contribution >= 4 is 17.3 Å². The number of aliphatic carboxylic acids is 1. The van der Waals surface area contributed by atoms with Gasteiger partial charge in [0.2, 0.25) is 5.82 Å². The fourth-order valence-corrected chi connectivity index (χ4v) is 1.58. The Labute approximate surface area is 103 Å². The Morgan fingerprint density at radius 2 is 2.22 bits per heavy atom. The lowest BCUT2D eigenvalue weighted by molar-refractivity contribution is -0.386. The summed E-state index contributed by atoms with van der Waals surface area (Å²) in [6, 6.07) is 3.83. The standard InChI is InChI=1S/C11H13FN2O4/c1-13(7-3-6-10(15)16)9-5-2-4-8(12)11(9)14(17)18/h2,4-5H,3,6-7H2,1H3,(H,15,16). The van der Waals surface area contributed by atoms with Gasteiger partial charge in [0, 0.05) is 20.0 Å². The van der Waals surface area contributed by atoms with Gasteiger partial charge in [0.1, 0.15) is 5.69 Å². The van der Waals surface area contributed by atoms with E-state index >= 15 is 0 Å². The highest BCUT2D eigenvalue weighted by atomic mass is 19.1. The molecule has 7 heteroatoms. The number of anilines is 1. The number of carboxylic acids is 1. The first kappa shape index (κ1) is 13.9. The van der Waals surface area contributed by atoms with E-state index in [0.717, 1.165) is 6.07 Å². The highest BCUT2D eigenvalue weighted by molar-refractivity contribution is 5.67.